The summed E-state index contributed by atoms with van der Waals surface area (Å²) in [5.41, 5.74) is 0.977. The van der Waals surface area contributed by atoms with Crippen LogP contribution in [0.25, 0.3) is 0 Å². The van der Waals surface area contributed by atoms with Crippen molar-refractivity contribution in [3.05, 3.63) is 28.7 Å². The van der Waals surface area contributed by atoms with Crippen LogP contribution in [0.3, 0.4) is 0 Å². The van der Waals surface area contributed by atoms with E-state index in [1.54, 1.807) is 0 Å². The monoisotopic (exact) mass is 327 g/mol. The molecule has 1 N–H and O–H groups in total. The highest BCUT2D eigenvalue weighted by atomic mass is 79.9. The molecule has 0 aliphatic rings. The van der Waals surface area contributed by atoms with E-state index in [1.807, 2.05) is 31.2 Å². The van der Waals surface area contributed by atoms with E-state index in [0.29, 0.717) is 6.61 Å². The molecule has 0 amide bonds. The molecule has 19 heavy (non-hydrogen) atoms. The second-order valence-electron chi connectivity index (χ2n) is 5.72. The number of esters is 1. The Labute approximate surface area is 123 Å². The highest BCUT2D eigenvalue weighted by Crippen LogP contribution is 2.24. The zero-order chi connectivity index (χ0) is 14.5. The van der Waals surface area contributed by atoms with E-state index in [2.05, 4.69) is 42.0 Å². The van der Waals surface area contributed by atoms with Crippen LogP contribution in [0, 0.1) is 5.41 Å². The Balaban J connectivity index is 2.78. The van der Waals surface area contributed by atoms with Gasteiger partial charge < -0.3 is 10.1 Å². The second-order valence-corrected chi connectivity index (χ2v) is 6.64. The molecule has 1 rings (SSSR count). The Morgan fingerprint density at radius 1 is 1.32 bits per heavy atom. The van der Waals surface area contributed by atoms with Crippen molar-refractivity contribution in [2.45, 2.75) is 40.2 Å². The largest absolute Gasteiger partial charge is 0.464 e. The molecule has 0 aliphatic carbocycles. The molecule has 106 valence electrons. The molecule has 1 aromatic carbocycles. The first-order valence-corrected chi connectivity index (χ1v) is 7.30. The van der Waals surface area contributed by atoms with Crippen LogP contribution in [-0.2, 0) is 9.53 Å². The van der Waals surface area contributed by atoms with Crippen molar-refractivity contribution in [2.75, 3.05) is 11.9 Å². The van der Waals surface area contributed by atoms with Crippen LogP contribution in [0.2, 0.25) is 0 Å². The van der Waals surface area contributed by atoms with Gasteiger partial charge in [-0.2, -0.15) is 0 Å². The lowest BCUT2D eigenvalue weighted by Gasteiger charge is -2.26. The number of hydrogen-bond donors (Lipinski definition) is 1. The molecule has 1 aromatic rings. The van der Waals surface area contributed by atoms with Gasteiger partial charge in [-0.1, -0.05) is 36.7 Å². The number of hydrogen-bond acceptors (Lipinski definition) is 3. The third kappa shape index (κ3) is 6.10. The molecular weight excluding hydrogens is 306 g/mol. The maximum absolute atomic E-state index is 12.0. The van der Waals surface area contributed by atoms with Crippen molar-refractivity contribution in [1.82, 2.24) is 0 Å². The van der Waals surface area contributed by atoms with Crippen molar-refractivity contribution in [3.8, 4) is 0 Å². The van der Waals surface area contributed by atoms with E-state index in [4.69, 9.17) is 4.74 Å². The van der Waals surface area contributed by atoms with Gasteiger partial charge in [-0.15, -0.1) is 0 Å². The van der Waals surface area contributed by atoms with Crippen LogP contribution in [0.15, 0.2) is 28.7 Å². The van der Waals surface area contributed by atoms with E-state index in [9.17, 15) is 4.79 Å². The fourth-order valence-corrected chi connectivity index (χ4v) is 2.06. The lowest BCUT2D eigenvalue weighted by Crippen LogP contribution is -2.35. The standard InChI is InChI=1S/C15H22BrNO2/c1-5-19-14(18)13(10-15(2,3)4)17-12-8-6-11(16)7-9-12/h6-9,13,17H,5,10H2,1-4H3. The summed E-state index contributed by atoms with van der Waals surface area (Å²) in [6.07, 6.45) is 0.724. The summed E-state index contributed by atoms with van der Waals surface area (Å²) in [6, 6.07) is 7.46. The first-order chi connectivity index (χ1) is 8.81. The Hall–Kier alpha value is -1.03. The first-order valence-electron chi connectivity index (χ1n) is 6.50. The van der Waals surface area contributed by atoms with Crippen molar-refractivity contribution in [1.29, 1.82) is 0 Å². The summed E-state index contributed by atoms with van der Waals surface area (Å²) in [5, 5.41) is 3.25. The summed E-state index contributed by atoms with van der Waals surface area (Å²) < 4.78 is 6.15. The van der Waals surface area contributed by atoms with Gasteiger partial charge in [-0.3, -0.25) is 0 Å². The molecular formula is C15H22BrNO2. The predicted octanol–water partition coefficient (Wildman–Crippen LogP) is 4.23. The number of halogens is 1. The van der Waals surface area contributed by atoms with Crippen molar-refractivity contribution < 1.29 is 9.53 Å². The molecule has 3 nitrogen and oxygen atoms in total. The van der Waals surface area contributed by atoms with E-state index in [-0.39, 0.29) is 17.4 Å². The van der Waals surface area contributed by atoms with Gasteiger partial charge in [0.2, 0.25) is 0 Å². The minimum absolute atomic E-state index is 0.0553. The number of carbonyl (C=O) groups excluding carboxylic acids is 1. The average Bonchev–Trinajstić information content (AvgIpc) is 2.30. The number of rotatable bonds is 5. The van der Waals surface area contributed by atoms with E-state index in [0.717, 1.165) is 16.6 Å². The van der Waals surface area contributed by atoms with E-state index >= 15 is 0 Å². The van der Waals surface area contributed by atoms with Crippen LogP contribution in [0.4, 0.5) is 5.69 Å². The topological polar surface area (TPSA) is 38.3 Å². The van der Waals surface area contributed by atoms with Crippen LogP contribution >= 0.6 is 15.9 Å². The van der Waals surface area contributed by atoms with E-state index < -0.39 is 0 Å². The van der Waals surface area contributed by atoms with Crippen molar-refractivity contribution in [3.63, 3.8) is 0 Å². The van der Waals surface area contributed by atoms with Gasteiger partial charge in [-0.25, -0.2) is 4.79 Å². The Kier molecular flexibility index (Phi) is 5.85. The molecule has 0 radical (unpaired) electrons. The number of anilines is 1. The summed E-state index contributed by atoms with van der Waals surface area (Å²) in [7, 11) is 0. The number of benzene rings is 1. The normalized spacial score (nSPS) is 12.9. The van der Waals surface area contributed by atoms with Gasteiger partial charge in [0.25, 0.3) is 0 Å². The first kappa shape index (κ1) is 16.0. The lowest BCUT2D eigenvalue weighted by atomic mass is 9.88. The minimum Gasteiger partial charge on any atom is -0.464 e. The molecule has 0 bridgehead atoms. The Morgan fingerprint density at radius 2 is 1.89 bits per heavy atom. The molecule has 4 heteroatoms. The maximum Gasteiger partial charge on any atom is 0.328 e. The van der Waals surface area contributed by atoms with Gasteiger partial charge in [-0.05, 0) is 43.0 Å². The van der Waals surface area contributed by atoms with Gasteiger partial charge in [0.05, 0.1) is 6.61 Å². The fraction of sp³-hybridized carbons (Fsp3) is 0.533. The molecule has 1 atom stereocenters. The molecule has 0 aliphatic heterocycles. The van der Waals surface area contributed by atoms with Crippen LogP contribution in [0.1, 0.15) is 34.1 Å². The van der Waals surface area contributed by atoms with Crippen molar-refractivity contribution in [2.24, 2.45) is 5.41 Å². The molecule has 0 fully saturated rings. The highest BCUT2D eigenvalue weighted by molar-refractivity contribution is 9.10. The van der Waals surface area contributed by atoms with Crippen LogP contribution in [0.5, 0.6) is 0 Å². The highest BCUT2D eigenvalue weighted by Gasteiger charge is 2.25. The molecule has 1 unspecified atom stereocenters. The quantitative estimate of drug-likeness (QED) is 0.822. The smallest absolute Gasteiger partial charge is 0.328 e. The predicted molar refractivity (Wildman–Crippen MR) is 82.3 cm³/mol. The maximum atomic E-state index is 12.0. The fourth-order valence-electron chi connectivity index (χ4n) is 1.80. The Morgan fingerprint density at radius 3 is 2.37 bits per heavy atom. The zero-order valence-electron chi connectivity index (χ0n) is 12.0. The number of nitrogens with one attached hydrogen (secondary N) is 1. The van der Waals surface area contributed by atoms with E-state index in [1.165, 1.54) is 0 Å². The Bertz CT molecular complexity index is 409. The molecule has 0 heterocycles. The summed E-state index contributed by atoms with van der Waals surface area (Å²) >= 11 is 3.39. The van der Waals surface area contributed by atoms with Crippen LogP contribution in [-0.4, -0.2) is 18.6 Å². The van der Waals surface area contributed by atoms with Gasteiger partial charge in [0.1, 0.15) is 6.04 Å². The number of carbonyl (C=O) groups is 1. The average molecular weight is 328 g/mol. The second kappa shape index (κ2) is 6.94. The van der Waals surface area contributed by atoms with Gasteiger partial charge in [0.15, 0.2) is 0 Å². The third-order valence-corrected chi connectivity index (χ3v) is 3.10. The number of ether oxygens (including phenoxy) is 1. The third-order valence-electron chi connectivity index (χ3n) is 2.57. The lowest BCUT2D eigenvalue weighted by molar-refractivity contribution is -0.144. The molecule has 0 aromatic heterocycles. The van der Waals surface area contributed by atoms with Gasteiger partial charge in [0, 0.05) is 10.2 Å². The summed E-state index contributed by atoms with van der Waals surface area (Å²) in [4.78, 5) is 12.0. The molecule has 0 saturated carbocycles. The molecule has 0 spiro atoms. The minimum atomic E-state index is -0.318. The van der Waals surface area contributed by atoms with Crippen molar-refractivity contribution >= 4 is 27.6 Å². The van der Waals surface area contributed by atoms with Gasteiger partial charge >= 0.3 is 5.97 Å². The zero-order valence-corrected chi connectivity index (χ0v) is 13.6. The van der Waals surface area contributed by atoms with Crippen LogP contribution < -0.4 is 5.32 Å². The summed E-state index contributed by atoms with van der Waals surface area (Å²) in [5.74, 6) is -0.194. The summed E-state index contributed by atoms with van der Waals surface area (Å²) in [6.45, 7) is 8.57. The molecule has 0 saturated heterocycles. The SMILES string of the molecule is CCOC(=O)C(CC(C)(C)C)Nc1ccc(Br)cc1.